The number of hydrogen-bond acceptors (Lipinski definition) is 8. The summed E-state index contributed by atoms with van der Waals surface area (Å²) in [6.07, 6.45) is 0. The van der Waals surface area contributed by atoms with Gasteiger partial charge in [0.25, 0.3) is 0 Å². The second-order valence-electron chi connectivity index (χ2n) is 5.51. The van der Waals surface area contributed by atoms with E-state index in [0.29, 0.717) is 5.56 Å². The minimum atomic E-state index is -0.595. The van der Waals surface area contributed by atoms with E-state index >= 15 is 0 Å². The van der Waals surface area contributed by atoms with Crippen LogP contribution >= 0.6 is 0 Å². The lowest BCUT2D eigenvalue weighted by atomic mass is 10.1. The van der Waals surface area contributed by atoms with Crippen LogP contribution in [-0.4, -0.2) is 38.7 Å². The smallest absolute Gasteiger partial charge is 0.239 e. The molecule has 1 heterocycles. The quantitative estimate of drug-likeness (QED) is 0.702. The van der Waals surface area contributed by atoms with Gasteiger partial charge in [0.2, 0.25) is 16.9 Å². The summed E-state index contributed by atoms with van der Waals surface area (Å²) >= 11 is 0. The van der Waals surface area contributed by atoms with Gasteiger partial charge in [-0.3, -0.25) is 4.79 Å². The van der Waals surface area contributed by atoms with E-state index < -0.39 is 5.43 Å². The molecule has 0 radical (unpaired) electrons. The first kappa shape index (κ1) is 18.2. The van der Waals surface area contributed by atoms with Gasteiger partial charge in [0.05, 0.1) is 34.0 Å². The first-order chi connectivity index (χ1) is 13.0. The van der Waals surface area contributed by atoms with Gasteiger partial charge in [-0.25, -0.2) is 0 Å². The minimum absolute atomic E-state index is 0.00900. The third kappa shape index (κ3) is 2.84. The molecule has 27 heavy (non-hydrogen) atoms. The molecule has 142 valence electrons. The highest BCUT2D eigenvalue weighted by Gasteiger charge is 2.26. The standard InChI is InChI=1S/C19H18O8/c1-23-12-7-9(20)5-6-10(12)16-19(26-4)15(22)14-11(21)8-13(24-2)17(25-3)18(14)27-16/h5-8,20-21H,1-4H3. The molecule has 3 aromatic rings. The Bertz CT molecular complexity index is 1070. The number of phenols is 2. The number of hydrogen-bond donors (Lipinski definition) is 2. The lowest BCUT2D eigenvalue weighted by Crippen LogP contribution is -2.09. The molecule has 0 aliphatic rings. The Morgan fingerprint density at radius 1 is 0.852 bits per heavy atom. The Hall–Kier alpha value is -3.55. The van der Waals surface area contributed by atoms with Crippen LogP contribution in [0, 0.1) is 0 Å². The molecule has 2 aromatic carbocycles. The number of methoxy groups -OCH3 is 4. The third-order valence-electron chi connectivity index (χ3n) is 4.08. The molecule has 8 heteroatoms. The number of phenolic OH excluding ortho intramolecular Hbond substituents is 2. The molecule has 0 aliphatic carbocycles. The zero-order chi connectivity index (χ0) is 19.7. The van der Waals surface area contributed by atoms with Crippen molar-refractivity contribution in [3.05, 3.63) is 34.5 Å². The molecule has 0 spiro atoms. The van der Waals surface area contributed by atoms with Gasteiger partial charge < -0.3 is 33.6 Å². The van der Waals surface area contributed by atoms with Crippen LogP contribution in [0.1, 0.15) is 0 Å². The van der Waals surface area contributed by atoms with E-state index in [0.717, 1.165) is 0 Å². The molecule has 0 unspecified atom stereocenters. The first-order valence-corrected chi connectivity index (χ1v) is 7.82. The second-order valence-corrected chi connectivity index (χ2v) is 5.51. The molecule has 0 atom stereocenters. The van der Waals surface area contributed by atoms with Crippen molar-refractivity contribution in [3.8, 4) is 45.8 Å². The third-order valence-corrected chi connectivity index (χ3v) is 4.08. The van der Waals surface area contributed by atoms with E-state index in [-0.39, 0.29) is 51.2 Å². The normalized spacial score (nSPS) is 10.7. The molecule has 0 aliphatic heterocycles. The fraction of sp³-hybridized carbons (Fsp3) is 0.211. The maximum Gasteiger partial charge on any atom is 0.239 e. The summed E-state index contributed by atoms with van der Waals surface area (Å²) in [6.45, 7) is 0. The Morgan fingerprint density at radius 2 is 1.52 bits per heavy atom. The summed E-state index contributed by atoms with van der Waals surface area (Å²) in [5.74, 6) is 0.172. The number of aromatic hydroxyl groups is 2. The van der Waals surface area contributed by atoms with Gasteiger partial charge in [0, 0.05) is 12.1 Å². The molecule has 8 nitrogen and oxygen atoms in total. The minimum Gasteiger partial charge on any atom is -0.508 e. The highest BCUT2D eigenvalue weighted by atomic mass is 16.5. The number of rotatable bonds is 5. The van der Waals surface area contributed by atoms with E-state index in [1.807, 2.05) is 0 Å². The van der Waals surface area contributed by atoms with Crippen molar-refractivity contribution >= 4 is 11.0 Å². The fourth-order valence-corrected chi connectivity index (χ4v) is 2.86. The molecule has 0 amide bonds. The average molecular weight is 374 g/mol. The van der Waals surface area contributed by atoms with E-state index in [9.17, 15) is 15.0 Å². The Labute approximate surface area is 154 Å². The summed E-state index contributed by atoms with van der Waals surface area (Å²) in [5, 5.41) is 19.9. The van der Waals surface area contributed by atoms with Crippen LogP contribution < -0.4 is 24.4 Å². The van der Waals surface area contributed by atoms with Gasteiger partial charge in [-0.05, 0) is 12.1 Å². The van der Waals surface area contributed by atoms with Crippen molar-refractivity contribution in [3.63, 3.8) is 0 Å². The molecule has 0 saturated heterocycles. The molecule has 0 bridgehead atoms. The first-order valence-electron chi connectivity index (χ1n) is 7.82. The van der Waals surface area contributed by atoms with Gasteiger partial charge in [0.1, 0.15) is 22.6 Å². The summed E-state index contributed by atoms with van der Waals surface area (Å²) in [5.41, 5.74) is -0.233. The Kier molecular flexibility index (Phi) is 4.72. The number of benzene rings is 2. The Balaban J connectivity index is 2.49. The Morgan fingerprint density at radius 3 is 2.11 bits per heavy atom. The van der Waals surface area contributed by atoms with Crippen molar-refractivity contribution in [2.75, 3.05) is 28.4 Å². The number of ether oxygens (including phenoxy) is 4. The van der Waals surface area contributed by atoms with Crippen LogP contribution in [0.2, 0.25) is 0 Å². The van der Waals surface area contributed by atoms with Crippen LogP contribution in [0.3, 0.4) is 0 Å². The summed E-state index contributed by atoms with van der Waals surface area (Å²) in [4.78, 5) is 13.0. The second kappa shape index (κ2) is 6.99. The van der Waals surface area contributed by atoms with Crippen LogP contribution in [0.4, 0.5) is 0 Å². The van der Waals surface area contributed by atoms with E-state index in [1.54, 1.807) is 0 Å². The average Bonchev–Trinajstić information content (AvgIpc) is 2.67. The van der Waals surface area contributed by atoms with Gasteiger partial charge in [-0.1, -0.05) is 0 Å². The van der Waals surface area contributed by atoms with E-state index in [2.05, 4.69) is 0 Å². The predicted molar refractivity (Wildman–Crippen MR) is 97.5 cm³/mol. The van der Waals surface area contributed by atoms with Crippen molar-refractivity contribution in [2.45, 2.75) is 0 Å². The lowest BCUT2D eigenvalue weighted by Gasteiger charge is -2.15. The molecule has 1 aromatic heterocycles. The molecular formula is C19H18O8. The SMILES string of the molecule is COc1cc(O)ccc1-c1oc2c(OC)c(OC)cc(O)c2c(=O)c1OC. The molecular weight excluding hydrogens is 356 g/mol. The largest absolute Gasteiger partial charge is 0.508 e. The van der Waals surface area contributed by atoms with Crippen LogP contribution in [0.15, 0.2) is 33.5 Å². The van der Waals surface area contributed by atoms with Gasteiger partial charge in [0.15, 0.2) is 17.1 Å². The van der Waals surface area contributed by atoms with Gasteiger partial charge in [-0.15, -0.1) is 0 Å². The van der Waals surface area contributed by atoms with Crippen molar-refractivity contribution < 1.29 is 33.6 Å². The molecule has 0 saturated carbocycles. The van der Waals surface area contributed by atoms with Crippen LogP contribution in [-0.2, 0) is 0 Å². The lowest BCUT2D eigenvalue weighted by molar-refractivity contribution is 0.348. The maximum absolute atomic E-state index is 13.0. The van der Waals surface area contributed by atoms with Crippen LogP contribution in [0.5, 0.6) is 34.5 Å². The van der Waals surface area contributed by atoms with Crippen molar-refractivity contribution in [1.82, 2.24) is 0 Å². The monoisotopic (exact) mass is 374 g/mol. The predicted octanol–water partition coefficient (Wildman–Crippen LogP) is 2.91. The van der Waals surface area contributed by atoms with Gasteiger partial charge in [-0.2, -0.15) is 0 Å². The highest BCUT2D eigenvalue weighted by Crippen LogP contribution is 2.44. The summed E-state index contributed by atoms with van der Waals surface area (Å²) in [6, 6.07) is 5.58. The van der Waals surface area contributed by atoms with Crippen molar-refractivity contribution in [2.24, 2.45) is 0 Å². The van der Waals surface area contributed by atoms with Gasteiger partial charge >= 0.3 is 0 Å². The fourth-order valence-electron chi connectivity index (χ4n) is 2.86. The zero-order valence-electron chi connectivity index (χ0n) is 15.2. The maximum atomic E-state index is 13.0. The van der Waals surface area contributed by atoms with E-state index in [1.165, 1.54) is 52.7 Å². The zero-order valence-corrected chi connectivity index (χ0v) is 15.2. The van der Waals surface area contributed by atoms with E-state index in [4.69, 9.17) is 23.4 Å². The molecule has 2 N–H and O–H groups in total. The summed E-state index contributed by atoms with van der Waals surface area (Å²) in [7, 11) is 5.51. The molecule has 3 rings (SSSR count). The van der Waals surface area contributed by atoms with Crippen LogP contribution in [0.25, 0.3) is 22.3 Å². The van der Waals surface area contributed by atoms with Crippen molar-refractivity contribution in [1.29, 1.82) is 0 Å². The number of fused-ring (bicyclic) bond motifs is 1. The molecule has 0 fully saturated rings. The highest BCUT2D eigenvalue weighted by molar-refractivity contribution is 5.93. The summed E-state index contributed by atoms with van der Waals surface area (Å²) < 4.78 is 27.0. The topological polar surface area (TPSA) is 108 Å².